The van der Waals surface area contributed by atoms with E-state index >= 15 is 0 Å². The lowest BCUT2D eigenvalue weighted by molar-refractivity contribution is -0.246. The van der Waals surface area contributed by atoms with Crippen molar-refractivity contribution in [3.8, 4) is 11.5 Å². The van der Waals surface area contributed by atoms with Crippen LogP contribution in [0.4, 0.5) is 4.79 Å². The van der Waals surface area contributed by atoms with E-state index in [0.29, 0.717) is 83.9 Å². The molecule has 4 saturated heterocycles. The number of amides is 2. The highest BCUT2D eigenvalue weighted by molar-refractivity contribution is 14.1. The third-order valence-corrected chi connectivity index (χ3v) is 22.5. The molecular weight excluding hydrogens is 1230 g/mol. The number of carbonyl (C=O) groups excluding carboxylic acids is 4. The van der Waals surface area contributed by atoms with Gasteiger partial charge in [-0.25, -0.2) is 9.69 Å². The first-order chi connectivity index (χ1) is 40.6. The van der Waals surface area contributed by atoms with Crippen LogP contribution in [0.25, 0.3) is 0 Å². The lowest BCUT2D eigenvalue weighted by Crippen LogP contribution is -2.68. The maximum Gasteiger partial charge on any atom is 0.421 e. The second kappa shape index (κ2) is 30.2. The Bertz CT molecular complexity index is 2690. The number of fused-ring (bicyclic) bond motifs is 2. The van der Waals surface area contributed by atoms with Crippen molar-refractivity contribution in [3.05, 3.63) is 97.2 Å². The van der Waals surface area contributed by atoms with Crippen LogP contribution in [0, 0.1) is 56.2 Å². The predicted molar refractivity (Wildman–Crippen MR) is 354 cm³/mol. The first-order valence-corrected chi connectivity index (χ1v) is 32.8. The molecule has 2 spiro atoms. The zero-order valence-electron chi connectivity index (χ0n) is 54.2. The molecule has 15 nitrogen and oxygen atoms in total. The van der Waals surface area contributed by atoms with E-state index < -0.39 is 44.9 Å². The molecule has 0 aromatic heterocycles. The number of alkyl halides is 1. The summed E-state index contributed by atoms with van der Waals surface area (Å²) in [6.07, 6.45) is 12.9. The van der Waals surface area contributed by atoms with Gasteiger partial charge in [-0.05, 0) is 140 Å². The van der Waals surface area contributed by atoms with Crippen LogP contribution in [0.15, 0.2) is 86.1 Å². The zero-order chi connectivity index (χ0) is 63.2. The van der Waals surface area contributed by atoms with E-state index in [2.05, 4.69) is 76.9 Å². The molecule has 2 aromatic carbocycles. The number of rotatable bonds is 17. The Morgan fingerprint density at radius 2 is 1.17 bits per heavy atom. The molecule has 494 valence electrons. The molecule has 0 N–H and O–H groups in total. The highest BCUT2D eigenvalue weighted by Crippen LogP contribution is 2.72. The summed E-state index contributed by atoms with van der Waals surface area (Å²) in [5, 5.41) is 0. The topological polar surface area (TPSA) is 164 Å². The molecule has 4 aliphatic carbocycles. The Hall–Kier alpha value is -4.01. The fourth-order valence-electron chi connectivity index (χ4n) is 15.2. The fourth-order valence-corrected chi connectivity index (χ4v) is 15.8. The molecule has 2 amide bonds. The number of ether oxygens (including phenoxy) is 10. The van der Waals surface area contributed by atoms with Gasteiger partial charge in [0.15, 0.2) is 11.6 Å². The Labute approximate surface area is 542 Å². The van der Waals surface area contributed by atoms with Gasteiger partial charge in [-0.3, -0.25) is 14.4 Å². The molecule has 0 radical (unpaired) electrons. The average Bonchev–Trinajstić information content (AvgIpc) is 1.41. The van der Waals surface area contributed by atoms with E-state index in [1.165, 1.54) is 17.7 Å². The van der Waals surface area contributed by atoms with E-state index in [1.807, 2.05) is 74.5 Å². The van der Waals surface area contributed by atoms with Gasteiger partial charge < -0.3 is 47.4 Å². The lowest BCUT2D eigenvalue weighted by atomic mass is 9.48. The quantitative estimate of drug-likeness (QED) is 0.0835. The monoisotopic (exact) mass is 1340 g/mol. The first-order valence-electron chi connectivity index (χ1n) is 31.3. The zero-order valence-corrected chi connectivity index (χ0v) is 56.3. The smallest absolute Gasteiger partial charge is 0.421 e. The van der Waals surface area contributed by atoms with Crippen LogP contribution in [0.5, 0.6) is 11.5 Å². The van der Waals surface area contributed by atoms with Crippen LogP contribution >= 0.6 is 22.6 Å². The summed E-state index contributed by atoms with van der Waals surface area (Å²) in [6.45, 7) is 39.1. The molecule has 10 rings (SSSR count). The van der Waals surface area contributed by atoms with Crippen molar-refractivity contribution in [2.75, 3.05) is 64.9 Å². The van der Waals surface area contributed by atoms with Gasteiger partial charge in [0.2, 0.25) is 5.91 Å². The van der Waals surface area contributed by atoms with E-state index in [4.69, 9.17) is 47.4 Å². The van der Waals surface area contributed by atoms with Gasteiger partial charge in [-0.15, -0.1) is 13.2 Å². The van der Waals surface area contributed by atoms with Gasteiger partial charge in [0.1, 0.15) is 28.7 Å². The van der Waals surface area contributed by atoms with Crippen molar-refractivity contribution in [1.82, 2.24) is 4.90 Å². The molecule has 4 aliphatic heterocycles. The average molecular weight is 1340 g/mol. The van der Waals surface area contributed by atoms with E-state index in [1.54, 1.807) is 41.9 Å². The number of allylic oxidation sites excluding steroid dienone is 1. The Balaban J connectivity index is 0.000000238. The minimum Gasteiger partial charge on any atom is -0.497 e. The molecule has 11 atom stereocenters. The van der Waals surface area contributed by atoms with Gasteiger partial charge in [0.25, 0.3) is 0 Å². The molecule has 4 heterocycles. The van der Waals surface area contributed by atoms with Crippen LogP contribution in [0.2, 0.25) is 0 Å². The Morgan fingerprint density at radius 3 is 1.60 bits per heavy atom. The van der Waals surface area contributed by atoms with Gasteiger partial charge in [0, 0.05) is 74.9 Å². The second-order valence-electron chi connectivity index (χ2n) is 27.7. The Morgan fingerprint density at radius 1 is 0.682 bits per heavy atom. The predicted octanol–water partition coefficient (Wildman–Crippen LogP) is 15.7. The maximum absolute atomic E-state index is 14.3. The van der Waals surface area contributed by atoms with Gasteiger partial charge >= 0.3 is 6.09 Å². The van der Waals surface area contributed by atoms with Crippen LogP contribution in [0.1, 0.15) is 173 Å². The molecule has 8 fully saturated rings. The van der Waals surface area contributed by atoms with Gasteiger partial charge in [-0.1, -0.05) is 115 Å². The van der Waals surface area contributed by atoms with E-state index in [9.17, 15) is 19.2 Å². The van der Waals surface area contributed by atoms with Crippen LogP contribution in [0.3, 0.4) is 0 Å². The summed E-state index contributed by atoms with van der Waals surface area (Å²) in [5.74, 6) is -0.0234. The molecule has 2 aromatic rings. The molecule has 88 heavy (non-hydrogen) atoms. The number of hydrogen-bond acceptors (Lipinski definition) is 14. The van der Waals surface area contributed by atoms with E-state index in [-0.39, 0.29) is 66.8 Å². The number of halogens is 1. The van der Waals surface area contributed by atoms with Crippen LogP contribution < -0.4 is 9.47 Å². The summed E-state index contributed by atoms with van der Waals surface area (Å²) in [7, 11) is 3.31. The number of ketones is 2. The van der Waals surface area contributed by atoms with E-state index in [0.717, 1.165) is 72.2 Å². The number of nitrogens with zero attached hydrogens (tertiary/aromatic N) is 1. The lowest BCUT2D eigenvalue weighted by Gasteiger charge is -2.61. The first kappa shape index (κ1) is 74.7. The SMILES string of the molecule is C.C.C=C1N(C(=O)OC(C)(C)C)C(=O)[C@@]2(C)C3C4(CC[C@@]13CC[C@H]2C)OCCO4.C=C[C@@](C)(CI)COCc1ccc(OC)cc1.C=C[C@@](C)(COCc1ccc(OC)cc1)CC(=O)[C@@]1(C)C2C3(CC[C@]2(C(C)=O)CC[C@H]1C)OCCO3.CC1CCCO1. The number of piperidine rings is 1. The number of carbonyl (C=O) groups is 4. The summed E-state index contributed by atoms with van der Waals surface area (Å²) in [6, 6.07) is 15.7. The van der Waals surface area contributed by atoms with Crippen molar-refractivity contribution in [1.29, 1.82) is 0 Å². The normalized spacial score (nSPS) is 30.8. The molecule has 4 saturated carbocycles. The largest absolute Gasteiger partial charge is 0.497 e. The molecule has 2 bridgehead atoms. The standard InChI is InChI=1S/C30H42O6.C21H31NO5.C14H19IO2.C5H10O.2CH4/c1-7-27(4,20-34-19-23-8-10-24(33-6)11-9-23)18-25(32)28(5)21(2)12-13-29(22(3)31)14-15-30(26(28)29)35-16-17-36-30;1-13-7-8-20-9-10-21(25-11-12-26-21)15(20)19(13,6)16(23)22(14(20)2)17(24)27-18(3,4)5;1-4-14(2,10-15)11-17-9-12-5-7-13(16-3)8-6-12;1-5-3-2-4-6-5;;/h7-11,21,26H,1,12-20H2,2-6H3;13,15H,2,7-12H2,1,3-6H3;4-8H,1,9-11H2,2-3H3;5H,2-4H2,1H3;2*1H4/t21-,26?,27-,28+,29+;13-,15?,19-,20+;14-;;;/m110.../s1. The Kier molecular flexibility index (Phi) is 25.6. The number of Topliss-reactive ketones (excluding diaryl/α,β-unsaturated/α-hetero) is 2. The van der Waals surface area contributed by atoms with Crippen molar-refractivity contribution >= 4 is 46.2 Å². The fraction of sp³-hybridized carbons (Fsp3) is 0.694. The molecular formula is C72H110INO14. The molecule has 3 unspecified atom stereocenters. The second-order valence-corrected chi connectivity index (χ2v) is 28.5. The number of imide groups is 1. The van der Waals surface area contributed by atoms with Crippen LogP contribution in [-0.4, -0.2) is 117 Å². The maximum atomic E-state index is 14.3. The summed E-state index contributed by atoms with van der Waals surface area (Å²) in [5.41, 5.74) is -0.829. The number of methoxy groups -OCH3 is 2. The third kappa shape index (κ3) is 15.2. The minimum absolute atomic E-state index is 0. The molecule has 16 heteroatoms. The number of hydrogen-bond donors (Lipinski definition) is 0. The summed E-state index contributed by atoms with van der Waals surface area (Å²) >= 11 is 2.36. The summed E-state index contributed by atoms with van der Waals surface area (Å²) < 4.78 is 58.6. The van der Waals surface area contributed by atoms with Crippen molar-refractivity contribution in [3.63, 3.8) is 0 Å². The van der Waals surface area contributed by atoms with Gasteiger partial charge in [0.05, 0.1) is 78.6 Å². The van der Waals surface area contributed by atoms with Crippen molar-refractivity contribution in [2.24, 2.45) is 56.2 Å². The minimum atomic E-state index is -0.847. The van der Waals surface area contributed by atoms with Gasteiger partial charge in [-0.2, -0.15) is 0 Å². The summed E-state index contributed by atoms with van der Waals surface area (Å²) in [4.78, 5) is 55.4. The van der Waals surface area contributed by atoms with Crippen LogP contribution in [-0.2, 0) is 65.5 Å². The van der Waals surface area contributed by atoms with Crippen molar-refractivity contribution in [2.45, 2.75) is 198 Å². The number of benzene rings is 2. The van der Waals surface area contributed by atoms with Crippen molar-refractivity contribution < 1.29 is 66.5 Å². The highest BCUT2D eigenvalue weighted by Gasteiger charge is 2.76. The third-order valence-electron chi connectivity index (χ3n) is 20.8. The number of likely N-dealkylation sites (tertiary alicyclic amines) is 1. The molecule has 8 aliphatic rings. The highest BCUT2D eigenvalue weighted by atomic mass is 127.